The molecule has 0 aliphatic carbocycles. The third-order valence-electron chi connectivity index (χ3n) is 4.63. The topological polar surface area (TPSA) is 94.6 Å². The Balaban J connectivity index is 1.61. The Morgan fingerprint density at radius 3 is 2.38 bits per heavy atom. The van der Waals surface area contributed by atoms with E-state index < -0.39 is 36.2 Å². The van der Waals surface area contributed by atoms with E-state index in [-0.39, 0.29) is 11.8 Å². The van der Waals surface area contributed by atoms with Crippen molar-refractivity contribution in [2.24, 2.45) is 0 Å². The van der Waals surface area contributed by atoms with Gasteiger partial charge in [0.15, 0.2) is 6.61 Å². The summed E-state index contributed by atoms with van der Waals surface area (Å²) < 4.78 is 23.9. The molecule has 1 amide bonds. The second-order valence-corrected chi connectivity index (χ2v) is 8.13. The third-order valence-corrected chi connectivity index (χ3v) is 4.63. The van der Waals surface area contributed by atoms with Crippen LogP contribution in [0, 0.1) is 5.82 Å². The minimum atomic E-state index is -0.868. The summed E-state index contributed by atoms with van der Waals surface area (Å²) in [5, 5.41) is 3.93. The Kier molecular flexibility index (Phi) is 6.87. The molecule has 0 aliphatic rings. The van der Waals surface area contributed by atoms with Gasteiger partial charge in [-0.3, -0.25) is 9.59 Å². The number of esters is 1. The summed E-state index contributed by atoms with van der Waals surface area (Å²) in [4.78, 5) is 38.5. The van der Waals surface area contributed by atoms with E-state index in [9.17, 15) is 18.8 Å². The minimum Gasteiger partial charge on any atom is -0.454 e. The average molecular weight is 441 g/mol. The van der Waals surface area contributed by atoms with Crippen molar-refractivity contribution in [2.75, 3.05) is 6.61 Å². The van der Waals surface area contributed by atoms with Gasteiger partial charge in [0.2, 0.25) is 5.89 Å². The first-order valence-electron chi connectivity index (χ1n) is 9.97. The van der Waals surface area contributed by atoms with Gasteiger partial charge in [-0.1, -0.05) is 30.3 Å². The average Bonchev–Trinajstić information content (AvgIpc) is 3.11. The molecular formula is C23H24FN3O5. The Labute approximate surface area is 184 Å². The van der Waals surface area contributed by atoms with E-state index in [0.29, 0.717) is 12.1 Å². The lowest BCUT2D eigenvalue weighted by Gasteiger charge is -2.35. The molecule has 2 aromatic carbocycles. The molecule has 0 saturated heterocycles. The van der Waals surface area contributed by atoms with Gasteiger partial charge in [-0.15, -0.1) is 5.10 Å². The Morgan fingerprint density at radius 2 is 1.75 bits per heavy atom. The molecule has 1 aromatic heterocycles. The molecule has 3 rings (SSSR count). The quantitative estimate of drug-likeness (QED) is 0.523. The van der Waals surface area contributed by atoms with Crippen molar-refractivity contribution in [3.63, 3.8) is 0 Å². The van der Waals surface area contributed by atoms with Crippen LogP contribution in [0.1, 0.15) is 26.3 Å². The first-order chi connectivity index (χ1) is 15.1. The number of halogens is 1. The normalized spacial score (nSPS) is 11.2. The number of rotatable bonds is 7. The van der Waals surface area contributed by atoms with Crippen LogP contribution in [0.3, 0.4) is 0 Å². The highest BCUT2D eigenvalue weighted by molar-refractivity contribution is 5.81. The molecule has 0 atom stereocenters. The van der Waals surface area contributed by atoms with Gasteiger partial charge in [0.25, 0.3) is 5.91 Å². The highest BCUT2D eigenvalue weighted by Crippen LogP contribution is 2.18. The molecule has 32 heavy (non-hydrogen) atoms. The number of aromatic nitrogens is 2. The number of carbonyl (C=O) groups excluding carboxylic acids is 2. The maximum Gasteiger partial charge on any atom is 0.437 e. The summed E-state index contributed by atoms with van der Waals surface area (Å²) in [5.41, 5.74) is 0.837. The molecule has 0 unspecified atom stereocenters. The van der Waals surface area contributed by atoms with Crippen LogP contribution in [0.5, 0.6) is 0 Å². The van der Waals surface area contributed by atoms with Crippen LogP contribution in [0.25, 0.3) is 11.5 Å². The molecule has 3 aromatic rings. The van der Waals surface area contributed by atoms with E-state index >= 15 is 0 Å². The van der Waals surface area contributed by atoms with Crippen LogP contribution in [0.4, 0.5) is 4.39 Å². The van der Waals surface area contributed by atoms with Gasteiger partial charge in [-0.05, 0) is 50.6 Å². The lowest BCUT2D eigenvalue weighted by Crippen LogP contribution is -2.47. The van der Waals surface area contributed by atoms with Crippen molar-refractivity contribution in [1.82, 2.24) is 14.7 Å². The molecule has 0 saturated carbocycles. The number of amides is 1. The lowest BCUT2D eigenvalue weighted by molar-refractivity contribution is -0.155. The van der Waals surface area contributed by atoms with Crippen LogP contribution in [-0.2, 0) is 27.4 Å². The first-order valence-corrected chi connectivity index (χ1v) is 9.97. The Hall–Kier alpha value is -3.75. The predicted octanol–water partition coefficient (Wildman–Crippen LogP) is 3.01. The zero-order chi connectivity index (χ0) is 23.3. The molecule has 0 aliphatic heterocycles. The van der Waals surface area contributed by atoms with Gasteiger partial charge in [-0.2, -0.15) is 4.68 Å². The number of carbonyl (C=O) groups is 2. The number of nitrogens with zero attached hydrogens (tertiary/aromatic N) is 3. The molecule has 168 valence electrons. The van der Waals surface area contributed by atoms with Crippen molar-refractivity contribution >= 4 is 11.9 Å². The van der Waals surface area contributed by atoms with Crippen LogP contribution in [0.15, 0.2) is 63.8 Å². The number of ether oxygens (including phenoxy) is 1. The standard InChI is InChI=1S/C23H24FN3O5/c1-23(2,3)26(13-16-7-5-4-6-8-16)19(28)15-31-20(29)14-27-22(30)32-21(25-27)17-9-11-18(24)12-10-17/h4-12H,13-15H2,1-3H3. The van der Waals surface area contributed by atoms with Gasteiger partial charge in [0.05, 0.1) is 0 Å². The fraction of sp³-hybridized carbons (Fsp3) is 0.304. The second kappa shape index (κ2) is 9.59. The van der Waals surface area contributed by atoms with E-state index in [1.165, 1.54) is 24.3 Å². The van der Waals surface area contributed by atoms with Crippen molar-refractivity contribution in [2.45, 2.75) is 39.4 Å². The van der Waals surface area contributed by atoms with E-state index in [1.54, 1.807) is 4.90 Å². The summed E-state index contributed by atoms with van der Waals surface area (Å²) >= 11 is 0. The summed E-state index contributed by atoms with van der Waals surface area (Å²) in [5.74, 6) is -2.55. The molecule has 9 heteroatoms. The van der Waals surface area contributed by atoms with Crippen LogP contribution < -0.4 is 5.76 Å². The molecule has 8 nitrogen and oxygen atoms in total. The molecule has 0 bridgehead atoms. The largest absolute Gasteiger partial charge is 0.454 e. The number of benzene rings is 2. The van der Waals surface area contributed by atoms with E-state index in [2.05, 4.69) is 5.10 Å². The maximum atomic E-state index is 13.1. The van der Waals surface area contributed by atoms with Crippen LogP contribution >= 0.6 is 0 Å². The van der Waals surface area contributed by atoms with Crippen molar-refractivity contribution in [3.8, 4) is 11.5 Å². The maximum absolute atomic E-state index is 13.1. The van der Waals surface area contributed by atoms with Gasteiger partial charge >= 0.3 is 11.7 Å². The smallest absolute Gasteiger partial charge is 0.437 e. The highest BCUT2D eigenvalue weighted by atomic mass is 19.1. The Morgan fingerprint density at radius 1 is 1.09 bits per heavy atom. The molecule has 1 heterocycles. The fourth-order valence-electron chi connectivity index (χ4n) is 2.97. The highest BCUT2D eigenvalue weighted by Gasteiger charge is 2.27. The molecule has 0 spiro atoms. The molecule has 0 fully saturated rings. The van der Waals surface area contributed by atoms with Crippen molar-refractivity contribution < 1.29 is 23.1 Å². The van der Waals surface area contributed by atoms with E-state index in [1.807, 2.05) is 51.1 Å². The molecule has 0 N–H and O–H groups in total. The lowest BCUT2D eigenvalue weighted by atomic mass is 10.0. The van der Waals surface area contributed by atoms with Gasteiger partial charge in [0.1, 0.15) is 12.4 Å². The first kappa shape index (κ1) is 22.9. The molecule has 0 radical (unpaired) electrons. The zero-order valence-corrected chi connectivity index (χ0v) is 18.1. The zero-order valence-electron chi connectivity index (χ0n) is 18.1. The van der Waals surface area contributed by atoms with Gasteiger partial charge < -0.3 is 14.1 Å². The second-order valence-electron chi connectivity index (χ2n) is 8.13. The van der Waals surface area contributed by atoms with Crippen molar-refractivity contribution in [3.05, 3.63) is 76.5 Å². The number of hydrogen-bond acceptors (Lipinski definition) is 6. The summed E-state index contributed by atoms with van der Waals surface area (Å²) in [6.45, 7) is 5.04. The minimum absolute atomic E-state index is 0.0550. The Bertz CT molecular complexity index is 1130. The monoisotopic (exact) mass is 441 g/mol. The van der Waals surface area contributed by atoms with Gasteiger partial charge in [-0.25, -0.2) is 9.18 Å². The van der Waals surface area contributed by atoms with Crippen molar-refractivity contribution in [1.29, 1.82) is 0 Å². The van der Waals surface area contributed by atoms with Crippen LogP contribution in [-0.4, -0.2) is 38.7 Å². The summed E-state index contributed by atoms with van der Waals surface area (Å²) in [7, 11) is 0. The summed E-state index contributed by atoms with van der Waals surface area (Å²) in [6, 6.07) is 14.7. The molecular weight excluding hydrogens is 417 g/mol. The van der Waals surface area contributed by atoms with Gasteiger partial charge in [0, 0.05) is 17.6 Å². The third kappa shape index (κ3) is 5.90. The fourth-order valence-corrected chi connectivity index (χ4v) is 2.97. The summed E-state index contributed by atoms with van der Waals surface area (Å²) in [6.07, 6.45) is 0. The van der Waals surface area contributed by atoms with Crippen LogP contribution in [0.2, 0.25) is 0 Å². The van der Waals surface area contributed by atoms with E-state index in [4.69, 9.17) is 9.15 Å². The van der Waals surface area contributed by atoms with E-state index in [0.717, 1.165) is 10.2 Å². The number of hydrogen-bond donors (Lipinski definition) is 0. The predicted molar refractivity (Wildman–Crippen MR) is 114 cm³/mol. The SMILES string of the molecule is CC(C)(C)N(Cc1ccccc1)C(=O)COC(=O)Cn1nc(-c2ccc(F)cc2)oc1=O.